The molecule has 0 aliphatic heterocycles. The van der Waals surface area contributed by atoms with Crippen LogP contribution in [0.3, 0.4) is 0 Å². The van der Waals surface area contributed by atoms with Crippen LogP contribution in [-0.2, 0) is 31.2 Å². The molecule has 1 aliphatic carbocycles. The number of fused-ring (bicyclic) bond motifs is 1. The first-order valence-corrected chi connectivity index (χ1v) is 11.6. The molecule has 0 unspecified atom stereocenters. The first-order chi connectivity index (χ1) is 15.2. The monoisotopic (exact) mass is 429 g/mol. The lowest BCUT2D eigenvalue weighted by Crippen LogP contribution is -2.47. The summed E-state index contributed by atoms with van der Waals surface area (Å²) in [7, 11) is 2.01. The van der Waals surface area contributed by atoms with Crippen molar-refractivity contribution in [2.24, 2.45) is 12.5 Å². The molecule has 0 bridgehead atoms. The maximum absolute atomic E-state index is 13.5. The van der Waals surface area contributed by atoms with E-state index < -0.39 is 5.41 Å². The van der Waals surface area contributed by atoms with Crippen LogP contribution in [0.5, 0.6) is 0 Å². The van der Waals surface area contributed by atoms with Gasteiger partial charge in [-0.3, -0.25) is 9.48 Å². The Morgan fingerprint density at radius 2 is 1.81 bits per heavy atom. The SMILES string of the molecule is Cc1nn(C)c(C)c1-c1cccc2c1CC[C@H](N(Cc1ccccc1)C(=O)C(C)(C)C)C2. The second kappa shape index (κ2) is 8.57. The van der Waals surface area contributed by atoms with E-state index in [2.05, 4.69) is 66.3 Å². The second-order valence-electron chi connectivity index (χ2n) is 10.2. The summed E-state index contributed by atoms with van der Waals surface area (Å²) in [6, 6.07) is 17.2. The fourth-order valence-corrected chi connectivity index (χ4v) is 5.03. The van der Waals surface area contributed by atoms with Gasteiger partial charge in [0.25, 0.3) is 0 Å². The minimum Gasteiger partial charge on any atom is -0.335 e. The van der Waals surface area contributed by atoms with Crippen molar-refractivity contribution >= 4 is 5.91 Å². The molecule has 0 N–H and O–H groups in total. The molecule has 0 spiro atoms. The number of nitrogens with zero attached hydrogens (tertiary/aromatic N) is 3. The highest BCUT2D eigenvalue weighted by atomic mass is 16.2. The van der Waals surface area contributed by atoms with Crippen molar-refractivity contribution < 1.29 is 4.79 Å². The van der Waals surface area contributed by atoms with Crippen LogP contribution in [0.1, 0.15) is 55.3 Å². The summed E-state index contributed by atoms with van der Waals surface area (Å²) in [5.74, 6) is 0.227. The van der Waals surface area contributed by atoms with Gasteiger partial charge < -0.3 is 4.90 Å². The Bertz CT molecular complexity index is 1120. The van der Waals surface area contributed by atoms with Gasteiger partial charge in [0.15, 0.2) is 0 Å². The summed E-state index contributed by atoms with van der Waals surface area (Å²) < 4.78 is 1.97. The van der Waals surface area contributed by atoms with Crippen LogP contribution in [0.25, 0.3) is 11.1 Å². The van der Waals surface area contributed by atoms with E-state index in [0.29, 0.717) is 6.54 Å². The first kappa shape index (κ1) is 22.3. The van der Waals surface area contributed by atoms with Crippen molar-refractivity contribution in [3.63, 3.8) is 0 Å². The topological polar surface area (TPSA) is 38.1 Å². The Morgan fingerprint density at radius 3 is 2.44 bits per heavy atom. The van der Waals surface area contributed by atoms with Crippen LogP contribution in [-0.4, -0.2) is 26.6 Å². The molecule has 4 heteroatoms. The third kappa shape index (κ3) is 4.23. The highest BCUT2D eigenvalue weighted by Gasteiger charge is 2.34. The maximum Gasteiger partial charge on any atom is 0.228 e. The lowest BCUT2D eigenvalue weighted by molar-refractivity contribution is -0.143. The fourth-order valence-electron chi connectivity index (χ4n) is 5.03. The van der Waals surface area contributed by atoms with Gasteiger partial charge in [-0.1, -0.05) is 69.3 Å². The summed E-state index contributed by atoms with van der Waals surface area (Å²) in [5, 5.41) is 4.64. The molecule has 0 saturated carbocycles. The number of amides is 1. The van der Waals surface area contributed by atoms with Crippen molar-refractivity contribution in [1.82, 2.24) is 14.7 Å². The van der Waals surface area contributed by atoms with Crippen molar-refractivity contribution in [1.29, 1.82) is 0 Å². The summed E-state index contributed by atoms with van der Waals surface area (Å²) in [4.78, 5) is 15.6. The van der Waals surface area contributed by atoms with Gasteiger partial charge in [-0.15, -0.1) is 0 Å². The lowest BCUT2D eigenvalue weighted by Gasteiger charge is -2.39. The molecular formula is C28H35N3O. The standard InChI is InChI=1S/C28H35N3O/c1-19-26(20(2)30(6)29-19)25-14-10-13-22-17-23(15-16-24(22)25)31(27(32)28(3,4)5)18-21-11-8-7-9-12-21/h7-14,23H,15-18H2,1-6H3/t23-/m0/s1. The molecule has 3 aromatic rings. The van der Waals surface area contributed by atoms with E-state index in [1.54, 1.807) is 0 Å². The van der Waals surface area contributed by atoms with Gasteiger partial charge in [0.05, 0.1) is 5.69 Å². The van der Waals surface area contributed by atoms with Crippen LogP contribution in [0.4, 0.5) is 0 Å². The van der Waals surface area contributed by atoms with Crippen LogP contribution < -0.4 is 0 Å². The predicted octanol–water partition coefficient (Wildman–Crippen LogP) is 5.64. The first-order valence-electron chi connectivity index (χ1n) is 11.6. The third-order valence-electron chi connectivity index (χ3n) is 6.77. The Morgan fingerprint density at radius 1 is 1.09 bits per heavy atom. The quantitative estimate of drug-likeness (QED) is 0.539. The zero-order valence-electron chi connectivity index (χ0n) is 20.3. The number of hydrogen-bond donors (Lipinski definition) is 0. The van der Waals surface area contributed by atoms with Gasteiger partial charge in [-0.2, -0.15) is 5.10 Å². The molecular weight excluding hydrogens is 394 g/mol. The molecule has 0 fully saturated rings. The number of aromatic nitrogens is 2. The molecule has 1 aliphatic rings. The van der Waals surface area contributed by atoms with Crippen LogP contribution >= 0.6 is 0 Å². The van der Waals surface area contributed by atoms with E-state index in [4.69, 9.17) is 0 Å². The molecule has 2 aromatic carbocycles. The van der Waals surface area contributed by atoms with Crippen molar-refractivity contribution in [2.75, 3.05) is 0 Å². The Hall–Kier alpha value is -2.88. The van der Waals surface area contributed by atoms with Crippen LogP contribution in [0, 0.1) is 19.3 Å². The molecule has 1 atom stereocenters. The fraction of sp³-hybridized carbons (Fsp3) is 0.429. The average molecular weight is 430 g/mol. The highest BCUT2D eigenvalue weighted by Crippen LogP contribution is 2.37. The molecule has 168 valence electrons. The molecule has 4 nitrogen and oxygen atoms in total. The Kier molecular flexibility index (Phi) is 5.98. The number of carbonyl (C=O) groups excluding carboxylic acids is 1. The summed E-state index contributed by atoms with van der Waals surface area (Å²) in [6.45, 7) is 11.0. The summed E-state index contributed by atoms with van der Waals surface area (Å²) in [6.07, 6.45) is 2.86. The molecule has 1 aromatic heterocycles. The zero-order valence-corrected chi connectivity index (χ0v) is 20.3. The third-order valence-corrected chi connectivity index (χ3v) is 6.77. The van der Waals surface area contributed by atoms with E-state index >= 15 is 0 Å². The number of aryl methyl sites for hydroxylation is 2. The van der Waals surface area contributed by atoms with Crippen molar-refractivity contribution in [2.45, 2.75) is 66.5 Å². The molecule has 0 saturated heterocycles. The van der Waals surface area contributed by atoms with E-state index in [1.807, 2.05) is 38.6 Å². The normalized spacial score (nSPS) is 16.0. The molecule has 0 radical (unpaired) electrons. The minimum atomic E-state index is -0.402. The Labute approximate surface area is 192 Å². The predicted molar refractivity (Wildman–Crippen MR) is 130 cm³/mol. The van der Waals surface area contributed by atoms with Gasteiger partial charge in [0, 0.05) is 36.3 Å². The zero-order chi connectivity index (χ0) is 23.0. The second-order valence-corrected chi connectivity index (χ2v) is 10.2. The van der Waals surface area contributed by atoms with E-state index in [9.17, 15) is 4.79 Å². The van der Waals surface area contributed by atoms with E-state index in [-0.39, 0.29) is 11.9 Å². The van der Waals surface area contributed by atoms with Gasteiger partial charge in [0.1, 0.15) is 0 Å². The van der Waals surface area contributed by atoms with Crippen molar-refractivity contribution in [3.8, 4) is 11.1 Å². The van der Waals surface area contributed by atoms with Crippen molar-refractivity contribution in [3.05, 3.63) is 76.6 Å². The maximum atomic E-state index is 13.5. The van der Waals surface area contributed by atoms with Gasteiger partial charge in [-0.05, 0) is 55.4 Å². The molecule has 1 amide bonds. The van der Waals surface area contributed by atoms with Crippen LogP contribution in [0.15, 0.2) is 48.5 Å². The van der Waals surface area contributed by atoms with E-state index in [1.165, 1.54) is 33.5 Å². The lowest BCUT2D eigenvalue weighted by atomic mass is 9.81. The number of benzene rings is 2. The molecule has 32 heavy (non-hydrogen) atoms. The average Bonchev–Trinajstić information content (AvgIpc) is 3.02. The number of hydrogen-bond acceptors (Lipinski definition) is 2. The minimum absolute atomic E-state index is 0.209. The number of rotatable bonds is 4. The Balaban J connectivity index is 1.68. The molecule has 4 rings (SSSR count). The van der Waals surface area contributed by atoms with Gasteiger partial charge in [0.2, 0.25) is 5.91 Å². The summed E-state index contributed by atoms with van der Waals surface area (Å²) >= 11 is 0. The number of carbonyl (C=O) groups is 1. The summed E-state index contributed by atoms with van der Waals surface area (Å²) in [5.41, 5.74) is 8.41. The van der Waals surface area contributed by atoms with Crippen LogP contribution in [0.2, 0.25) is 0 Å². The highest BCUT2D eigenvalue weighted by molar-refractivity contribution is 5.82. The smallest absolute Gasteiger partial charge is 0.228 e. The van der Waals surface area contributed by atoms with Gasteiger partial charge >= 0.3 is 0 Å². The van der Waals surface area contributed by atoms with E-state index in [0.717, 1.165) is 25.0 Å². The molecule has 1 heterocycles. The van der Waals surface area contributed by atoms with Gasteiger partial charge in [-0.25, -0.2) is 0 Å². The largest absolute Gasteiger partial charge is 0.335 e.